The molecule has 2 aromatic rings. The van der Waals surface area contributed by atoms with Crippen molar-refractivity contribution in [2.24, 2.45) is 0 Å². The fraction of sp³-hybridized carbons (Fsp3) is 0.200. The molecule has 0 aliphatic carbocycles. The zero-order chi connectivity index (χ0) is 14.6. The third-order valence-corrected chi connectivity index (χ3v) is 4.80. The second kappa shape index (κ2) is 6.15. The molecule has 0 saturated carbocycles. The Hall–Kier alpha value is -1.72. The molecule has 0 spiro atoms. The van der Waals surface area contributed by atoms with E-state index >= 15 is 0 Å². The van der Waals surface area contributed by atoms with Crippen molar-refractivity contribution in [3.63, 3.8) is 0 Å². The van der Waals surface area contributed by atoms with Gasteiger partial charge < -0.3 is 5.11 Å². The van der Waals surface area contributed by atoms with E-state index in [1.165, 1.54) is 24.3 Å². The van der Waals surface area contributed by atoms with Crippen molar-refractivity contribution in [1.29, 1.82) is 0 Å². The van der Waals surface area contributed by atoms with Gasteiger partial charge in [-0.05, 0) is 17.7 Å². The lowest BCUT2D eigenvalue weighted by atomic mass is 10.1. The lowest BCUT2D eigenvalue weighted by molar-refractivity contribution is 0.147. The first-order valence-electron chi connectivity index (χ1n) is 6.18. The summed E-state index contributed by atoms with van der Waals surface area (Å²) in [6.07, 6.45) is -1.63. The van der Waals surface area contributed by atoms with Crippen LogP contribution in [0.5, 0.6) is 0 Å². The van der Waals surface area contributed by atoms with E-state index in [-0.39, 0.29) is 4.90 Å². The van der Waals surface area contributed by atoms with E-state index < -0.39 is 27.9 Å². The molecule has 5 heteroatoms. The number of hydrogen-bond donors (Lipinski definition) is 1. The van der Waals surface area contributed by atoms with Crippen LogP contribution in [-0.2, 0) is 9.84 Å². The number of aliphatic hydroxyl groups is 1. The van der Waals surface area contributed by atoms with Crippen LogP contribution < -0.4 is 0 Å². The van der Waals surface area contributed by atoms with Crippen molar-refractivity contribution < 1.29 is 17.9 Å². The number of alkyl halides is 1. The van der Waals surface area contributed by atoms with Gasteiger partial charge in [0, 0.05) is 6.42 Å². The summed E-state index contributed by atoms with van der Waals surface area (Å²) in [7, 11) is -4.07. The van der Waals surface area contributed by atoms with Crippen LogP contribution in [-0.4, -0.2) is 19.0 Å². The van der Waals surface area contributed by atoms with Crippen LogP contribution in [0, 0.1) is 0 Å². The fourth-order valence-corrected chi connectivity index (χ4v) is 3.14. The van der Waals surface area contributed by atoms with Gasteiger partial charge in [0.25, 0.3) is 0 Å². The smallest absolute Gasteiger partial charge is 0.210 e. The molecule has 0 fully saturated rings. The SMILES string of the molecule is O=S(=O)(c1ccccc1)C(F)CC(O)c1ccccc1. The largest absolute Gasteiger partial charge is 0.388 e. The third kappa shape index (κ3) is 3.23. The summed E-state index contributed by atoms with van der Waals surface area (Å²) in [6, 6.07) is 15.9. The van der Waals surface area contributed by atoms with Gasteiger partial charge in [0.15, 0.2) is 0 Å². The van der Waals surface area contributed by atoms with Crippen LogP contribution in [0.15, 0.2) is 65.6 Å². The zero-order valence-corrected chi connectivity index (χ0v) is 11.5. The van der Waals surface area contributed by atoms with E-state index in [0.717, 1.165) is 0 Å². The van der Waals surface area contributed by atoms with E-state index in [1.54, 1.807) is 36.4 Å². The predicted octanol–water partition coefficient (Wildman–Crippen LogP) is 2.88. The Morgan fingerprint density at radius 2 is 1.45 bits per heavy atom. The van der Waals surface area contributed by atoms with Gasteiger partial charge in [-0.25, -0.2) is 12.8 Å². The standard InChI is InChI=1S/C15H15FO3S/c16-15(11-14(17)12-7-3-1-4-8-12)20(18,19)13-9-5-2-6-10-13/h1-10,14-15,17H,11H2. The first-order chi connectivity index (χ1) is 9.51. The number of benzene rings is 2. The van der Waals surface area contributed by atoms with Crippen molar-refractivity contribution in [1.82, 2.24) is 0 Å². The molecule has 2 atom stereocenters. The van der Waals surface area contributed by atoms with Gasteiger partial charge in [-0.15, -0.1) is 0 Å². The minimum Gasteiger partial charge on any atom is -0.388 e. The van der Waals surface area contributed by atoms with Crippen LogP contribution in [0.1, 0.15) is 18.1 Å². The molecule has 0 radical (unpaired) electrons. The monoisotopic (exact) mass is 294 g/mol. The minimum absolute atomic E-state index is 0.0761. The van der Waals surface area contributed by atoms with Crippen molar-refractivity contribution in [2.75, 3.05) is 0 Å². The molecule has 20 heavy (non-hydrogen) atoms. The number of halogens is 1. The number of hydrogen-bond acceptors (Lipinski definition) is 3. The van der Waals surface area contributed by atoms with E-state index in [1.807, 2.05) is 0 Å². The van der Waals surface area contributed by atoms with Gasteiger partial charge in [0.05, 0.1) is 11.0 Å². The van der Waals surface area contributed by atoms with Crippen LogP contribution in [0.2, 0.25) is 0 Å². The van der Waals surface area contributed by atoms with E-state index in [2.05, 4.69) is 0 Å². The Morgan fingerprint density at radius 1 is 0.950 bits per heavy atom. The molecule has 2 aromatic carbocycles. The van der Waals surface area contributed by atoms with E-state index in [4.69, 9.17) is 0 Å². The molecule has 0 saturated heterocycles. The summed E-state index contributed by atoms with van der Waals surface area (Å²) in [5, 5.41) is 9.90. The van der Waals surface area contributed by atoms with Gasteiger partial charge in [0.2, 0.25) is 15.3 Å². The normalized spacial score (nSPS) is 14.7. The summed E-state index contributed by atoms with van der Waals surface area (Å²) in [4.78, 5) is -0.0761. The summed E-state index contributed by atoms with van der Waals surface area (Å²) in [5.41, 5.74) is -1.64. The number of aliphatic hydroxyl groups excluding tert-OH is 1. The maximum Gasteiger partial charge on any atom is 0.210 e. The lowest BCUT2D eigenvalue weighted by Crippen LogP contribution is -2.19. The molecule has 2 rings (SSSR count). The highest BCUT2D eigenvalue weighted by Gasteiger charge is 2.29. The average Bonchev–Trinajstić information content (AvgIpc) is 2.49. The molecule has 0 aliphatic rings. The quantitative estimate of drug-likeness (QED) is 0.922. The van der Waals surface area contributed by atoms with Crippen LogP contribution in [0.25, 0.3) is 0 Å². The molecule has 0 heterocycles. The van der Waals surface area contributed by atoms with Crippen molar-refractivity contribution in [3.05, 3.63) is 66.2 Å². The molecule has 106 valence electrons. The summed E-state index contributed by atoms with van der Waals surface area (Å²) in [5.74, 6) is 0. The van der Waals surface area contributed by atoms with Crippen molar-refractivity contribution in [3.8, 4) is 0 Å². The van der Waals surface area contributed by atoms with Gasteiger partial charge in [0.1, 0.15) is 0 Å². The van der Waals surface area contributed by atoms with Crippen LogP contribution in [0.3, 0.4) is 0 Å². The molecule has 0 bridgehead atoms. The first-order valence-corrected chi connectivity index (χ1v) is 7.72. The number of rotatable bonds is 5. The molecule has 3 nitrogen and oxygen atoms in total. The topological polar surface area (TPSA) is 54.4 Å². The molecular formula is C15H15FO3S. The Labute approximate surface area is 117 Å². The van der Waals surface area contributed by atoms with E-state index in [0.29, 0.717) is 5.56 Å². The third-order valence-electron chi connectivity index (χ3n) is 3.00. The predicted molar refractivity (Wildman–Crippen MR) is 74.5 cm³/mol. The molecule has 0 aliphatic heterocycles. The summed E-state index contributed by atoms with van der Waals surface area (Å²) >= 11 is 0. The number of sulfone groups is 1. The highest BCUT2D eigenvalue weighted by Crippen LogP contribution is 2.26. The fourth-order valence-electron chi connectivity index (χ4n) is 1.87. The molecule has 2 unspecified atom stereocenters. The van der Waals surface area contributed by atoms with Crippen molar-refractivity contribution >= 4 is 9.84 Å². The molecule has 1 N–H and O–H groups in total. The molecule has 0 aromatic heterocycles. The van der Waals surface area contributed by atoms with Gasteiger partial charge >= 0.3 is 0 Å². The Morgan fingerprint density at radius 3 is 2.00 bits per heavy atom. The van der Waals surface area contributed by atoms with Gasteiger partial charge in [-0.1, -0.05) is 48.5 Å². The second-order valence-electron chi connectivity index (χ2n) is 4.43. The summed E-state index contributed by atoms with van der Waals surface area (Å²) < 4.78 is 38.1. The Balaban J connectivity index is 2.14. The molecule has 0 amide bonds. The molecular weight excluding hydrogens is 279 g/mol. The van der Waals surface area contributed by atoms with Crippen LogP contribution in [0.4, 0.5) is 4.39 Å². The summed E-state index contributed by atoms with van der Waals surface area (Å²) in [6.45, 7) is 0. The maximum absolute atomic E-state index is 14.1. The minimum atomic E-state index is -4.07. The van der Waals surface area contributed by atoms with Gasteiger partial charge in [-0.2, -0.15) is 0 Å². The average molecular weight is 294 g/mol. The van der Waals surface area contributed by atoms with E-state index in [9.17, 15) is 17.9 Å². The Bertz CT molecular complexity index is 641. The van der Waals surface area contributed by atoms with Gasteiger partial charge in [-0.3, -0.25) is 0 Å². The first kappa shape index (κ1) is 14.7. The maximum atomic E-state index is 14.1. The lowest BCUT2D eigenvalue weighted by Gasteiger charge is -2.15. The Kier molecular flexibility index (Phi) is 4.52. The highest BCUT2D eigenvalue weighted by molar-refractivity contribution is 7.91. The van der Waals surface area contributed by atoms with Crippen LogP contribution >= 0.6 is 0 Å². The van der Waals surface area contributed by atoms with Crippen molar-refractivity contribution in [2.45, 2.75) is 22.9 Å². The second-order valence-corrected chi connectivity index (χ2v) is 6.50. The highest BCUT2D eigenvalue weighted by atomic mass is 32.2. The zero-order valence-electron chi connectivity index (χ0n) is 10.7.